The first-order chi connectivity index (χ1) is 4.86. The summed E-state index contributed by atoms with van der Waals surface area (Å²) in [7, 11) is 0. The molecule has 1 heteroatoms. The molecule has 0 aromatic rings. The third-order valence-electron chi connectivity index (χ3n) is 3.65. The number of aliphatic hydroxyl groups is 1. The van der Waals surface area contributed by atoms with Gasteiger partial charge in [-0.15, -0.1) is 0 Å². The van der Waals surface area contributed by atoms with Gasteiger partial charge in [-0.2, -0.15) is 0 Å². The van der Waals surface area contributed by atoms with Crippen LogP contribution in [0.2, 0.25) is 0 Å². The molecule has 1 N–H and O–H groups in total. The maximum Gasteiger partial charge on any atom is 0.0608 e. The third kappa shape index (κ3) is 0.420. The predicted molar refractivity (Wildman–Crippen MR) is 38.4 cm³/mol. The van der Waals surface area contributed by atoms with E-state index >= 15 is 0 Å². The highest BCUT2D eigenvalue weighted by atomic mass is 16.3. The summed E-state index contributed by atoms with van der Waals surface area (Å²) < 4.78 is 0. The fourth-order valence-electron chi connectivity index (χ4n) is 3.04. The van der Waals surface area contributed by atoms with Crippen LogP contribution in [0, 0.1) is 17.8 Å². The first-order valence-corrected chi connectivity index (χ1v) is 4.22. The Labute approximate surface area is 60.7 Å². The molecule has 0 heterocycles. The van der Waals surface area contributed by atoms with Crippen molar-refractivity contribution < 1.29 is 5.11 Å². The molecule has 4 atom stereocenters. The van der Waals surface area contributed by atoms with Crippen molar-refractivity contribution in [3.05, 3.63) is 11.6 Å². The Morgan fingerprint density at radius 1 is 1.20 bits per heavy atom. The lowest BCUT2D eigenvalue weighted by Crippen LogP contribution is -2.47. The molecule has 3 aliphatic carbocycles. The average Bonchev–Trinajstić information content (AvgIpc) is 2.12. The molecule has 0 aromatic carbocycles. The highest BCUT2D eigenvalue weighted by Gasteiger charge is 2.54. The number of allylic oxidation sites excluding steroid dienone is 2. The quantitative estimate of drug-likeness (QED) is 0.498. The minimum Gasteiger partial charge on any atom is -0.393 e. The van der Waals surface area contributed by atoms with E-state index in [1.165, 1.54) is 12.8 Å². The molecule has 0 saturated heterocycles. The van der Waals surface area contributed by atoms with Gasteiger partial charge < -0.3 is 5.11 Å². The predicted octanol–water partition coefficient (Wildman–Crippen LogP) is 1.33. The summed E-state index contributed by atoms with van der Waals surface area (Å²) in [5.41, 5.74) is 1.63. The molecular formula is C9H12O. The van der Waals surface area contributed by atoms with E-state index < -0.39 is 0 Å². The summed E-state index contributed by atoms with van der Waals surface area (Å²) in [5.74, 6) is 2.20. The molecule has 4 unspecified atom stereocenters. The largest absolute Gasteiger partial charge is 0.393 e. The van der Waals surface area contributed by atoms with Crippen molar-refractivity contribution in [1.82, 2.24) is 0 Å². The standard InChI is InChI=1S/C9H12O/c10-9-6-2-1-5-3-7(6)8(9)4-5/h1,6-10H,2-4H2. The highest BCUT2D eigenvalue weighted by Crippen LogP contribution is 2.57. The summed E-state index contributed by atoms with van der Waals surface area (Å²) >= 11 is 0. The number of rotatable bonds is 0. The molecule has 1 nitrogen and oxygen atoms in total. The van der Waals surface area contributed by atoms with Crippen LogP contribution in [0.25, 0.3) is 0 Å². The van der Waals surface area contributed by atoms with Gasteiger partial charge in [0.1, 0.15) is 0 Å². The van der Waals surface area contributed by atoms with Crippen LogP contribution in [0.5, 0.6) is 0 Å². The summed E-state index contributed by atoms with van der Waals surface area (Å²) in [4.78, 5) is 0. The van der Waals surface area contributed by atoms with Crippen LogP contribution < -0.4 is 0 Å². The van der Waals surface area contributed by atoms with Crippen LogP contribution in [-0.2, 0) is 0 Å². The Kier molecular flexibility index (Phi) is 0.791. The van der Waals surface area contributed by atoms with Crippen LogP contribution in [0.3, 0.4) is 0 Å². The van der Waals surface area contributed by atoms with Gasteiger partial charge in [0.25, 0.3) is 0 Å². The molecule has 2 saturated carbocycles. The first-order valence-electron chi connectivity index (χ1n) is 4.22. The minimum absolute atomic E-state index is 0.0567. The smallest absolute Gasteiger partial charge is 0.0608 e. The van der Waals surface area contributed by atoms with Gasteiger partial charge in [-0.05, 0) is 37.0 Å². The van der Waals surface area contributed by atoms with E-state index in [2.05, 4.69) is 6.08 Å². The minimum atomic E-state index is 0.0567. The van der Waals surface area contributed by atoms with Crippen LogP contribution in [-0.4, -0.2) is 11.2 Å². The lowest BCUT2D eigenvalue weighted by molar-refractivity contribution is -0.0827. The molecule has 0 aliphatic heterocycles. The van der Waals surface area contributed by atoms with E-state index in [4.69, 9.17) is 0 Å². The van der Waals surface area contributed by atoms with Crippen molar-refractivity contribution in [2.24, 2.45) is 17.8 Å². The first kappa shape index (κ1) is 5.36. The lowest BCUT2D eigenvalue weighted by Gasteiger charge is -2.45. The molecule has 0 amide bonds. The van der Waals surface area contributed by atoms with Crippen molar-refractivity contribution in [2.45, 2.75) is 25.4 Å². The molecule has 0 aromatic heterocycles. The van der Waals surface area contributed by atoms with E-state index in [9.17, 15) is 5.11 Å². The lowest BCUT2D eigenvalue weighted by atomic mass is 9.62. The van der Waals surface area contributed by atoms with Gasteiger partial charge >= 0.3 is 0 Å². The summed E-state index contributed by atoms with van der Waals surface area (Å²) in [6, 6.07) is 0. The van der Waals surface area contributed by atoms with Gasteiger partial charge in [0.2, 0.25) is 0 Å². The molecule has 3 rings (SSSR count). The molecule has 3 aliphatic rings. The molecule has 54 valence electrons. The fraction of sp³-hybridized carbons (Fsp3) is 0.778. The molecule has 2 fully saturated rings. The topological polar surface area (TPSA) is 20.2 Å². The van der Waals surface area contributed by atoms with Crippen LogP contribution in [0.4, 0.5) is 0 Å². The summed E-state index contributed by atoms with van der Waals surface area (Å²) in [6.45, 7) is 0. The van der Waals surface area contributed by atoms with Gasteiger partial charge in [0.05, 0.1) is 6.10 Å². The Hall–Kier alpha value is -0.300. The van der Waals surface area contributed by atoms with Crippen molar-refractivity contribution in [3.8, 4) is 0 Å². The molecular weight excluding hydrogens is 124 g/mol. The maximum atomic E-state index is 9.57. The van der Waals surface area contributed by atoms with Crippen LogP contribution >= 0.6 is 0 Å². The van der Waals surface area contributed by atoms with E-state index in [0.29, 0.717) is 11.8 Å². The molecule has 0 radical (unpaired) electrons. The van der Waals surface area contributed by atoms with Gasteiger partial charge in [0, 0.05) is 0 Å². The third-order valence-corrected chi connectivity index (χ3v) is 3.65. The van der Waals surface area contributed by atoms with Gasteiger partial charge in [-0.3, -0.25) is 0 Å². The van der Waals surface area contributed by atoms with E-state index in [-0.39, 0.29) is 6.10 Å². The maximum absolute atomic E-state index is 9.57. The zero-order valence-electron chi connectivity index (χ0n) is 5.96. The summed E-state index contributed by atoms with van der Waals surface area (Å²) in [6.07, 6.45) is 6.10. The second-order valence-electron chi connectivity index (χ2n) is 3.99. The molecule has 10 heavy (non-hydrogen) atoms. The second kappa shape index (κ2) is 1.48. The van der Waals surface area contributed by atoms with Gasteiger partial charge in [0.15, 0.2) is 0 Å². The Morgan fingerprint density at radius 2 is 2.00 bits per heavy atom. The Balaban J connectivity index is 2.03. The molecule has 0 spiro atoms. The van der Waals surface area contributed by atoms with Gasteiger partial charge in [-0.1, -0.05) is 11.6 Å². The van der Waals surface area contributed by atoms with Crippen LogP contribution in [0.15, 0.2) is 11.6 Å². The van der Waals surface area contributed by atoms with Crippen molar-refractivity contribution in [1.29, 1.82) is 0 Å². The average molecular weight is 136 g/mol. The van der Waals surface area contributed by atoms with E-state index in [0.717, 1.165) is 12.3 Å². The van der Waals surface area contributed by atoms with E-state index in [1.807, 2.05) is 0 Å². The zero-order chi connectivity index (χ0) is 6.72. The van der Waals surface area contributed by atoms with Crippen LogP contribution in [0.1, 0.15) is 19.3 Å². The number of hydrogen-bond acceptors (Lipinski definition) is 1. The molecule has 2 bridgehead atoms. The van der Waals surface area contributed by atoms with Crippen molar-refractivity contribution >= 4 is 0 Å². The highest BCUT2D eigenvalue weighted by molar-refractivity contribution is 5.23. The summed E-state index contributed by atoms with van der Waals surface area (Å²) in [5, 5.41) is 9.57. The zero-order valence-corrected chi connectivity index (χ0v) is 5.96. The number of fused-ring (bicyclic) bond motifs is 1. The monoisotopic (exact) mass is 136 g/mol. The van der Waals surface area contributed by atoms with Gasteiger partial charge in [-0.25, -0.2) is 0 Å². The normalized spacial score (nSPS) is 55.9. The fourth-order valence-corrected chi connectivity index (χ4v) is 3.04. The number of aliphatic hydroxyl groups excluding tert-OH is 1. The SMILES string of the molecule is OC1C2CC=C3CC1C2C3. The Morgan fingerprint density at radius 3 is 2.90 bits per heavy atom. The van der Waals surface area contributed by atoms with E-state index in [1.54, 1.807) is 5.57 Å². The number of hydrogen-bond donors (Lipinski definition) is 1. The Bertz CT molecular complexity index is 201. The second-order valence-corrected chi connectivity index (χ2v) is 3.99. The van der Waals surface area contributed by atoms with Crippen molar-refractivity contribution in [2.75, 3.05) is 0 Å². The van der Waals surface area contributed by atoms with Crippen molar-refractivity contribution in [3.63, 3.8) is 0 Å².